The van der Waals surface area contributed by atoms with Crippen molar-refractivity contribution in [1.82, 2.24) is 4.57 Å². The van der Waals surface area contributed by atoms with Crippen molar-refractivity contribution in [2.45, 2.75) is 20.4 Å². The minimum absolute atomic E-state index is 0.343. The quantitative estimate of drug-likeness (QED) is 0.829. The van der Waals surface area contributed by atoms with Gasteiger partial charge in [0.1, 0.15) is 23.9 Å². The maximum atomic E-state index is 11.5. The number of hydrogen-bond donors (Lipinski definition) is 0. The number of aryl methyl sites for hydroxylation is 1. The van der Waals surface area contributed by atoms with E-state index in [0.717, 1.165) is 11.4 Å². The van der Waals surface area contributed by atoms with Gasteiger partial charge in [0.25, 0.3) is 0 Å². The Morgan fingerprint density at radius 1 is 1.26 bits per heavy atom. The Morgan fingerprint density at radius 2 is 2.00 bits per heavy atom. The van der Waals surface area contributed by atoms with Crippen LogP contribution in [0.25, 0.3) is 0 Å². The maximum absolute atomic E-state index is 11.5. The van der Waals surface area contributed by atoms with Crippen molar-refractivity contribution in [3.05, 3.63) is 46.3 Å². The number of rotatable bonds is 5. The zero-order valence-corrected chi connectivity index (χ0v) is 11.3. The molecule has 0 amide bonds. The van der Waals surface area contributed by atoms with Gasteiger partial charge in [-0.3, -0.25) is 4.57 Å². The van der Waals surface area contributed by atoms with Crippen LogP contribution < -0.4 is 15.2 Å². The second-order valence-corrected chi connectivity index (χ2v) is 4.19. The first-order valence-corrected chi connectivity index (χ1v) is 6.05. The molecule has 0 atom stereocenters. The number of methoxy groups -OCH3 is 1. The van der Waals surface area contributed by atoms with E-state index < -0.39 is 0 Å². The number of ether oxygens (including phenoxy) is 2. The van der Waals surface area contributed by atoms with Gasteiger partial charge >= 0.3 is 5.76 Å². The van der Waals surface area contributed by atoms with Crippen LogP contribution in [-0.4, -0.2) is 18.3 Å². The van der Waals surface area contributed by atoms with Crippen molar-refractivity contribution < 1.29 is 13.9 Å². The van der Waals surface area contributed by atoms with Crippen molar-refractivity contribution in [1.29, 1.82) is 0 Å². The Balaban J connectivity index is 1.98. The first-order chi connectivity index (χ1) is 9.11. The van der Waals surface area contributed by atoms with Gasteiger partial charge in [-0.05, 0) is 26.0 Å². The lowest BCUT2D eigenvalue weighted by atomic mass is 10.3. The van der Waals surface area contributed by atoms with Crippen molar-refractivity contribution >= 4 is 0 Å². The summed E-state index contributed by atoms with van der Waals surface area (Å²) in [5.74, 6) is 1.76. The van der Waals surface area contributed by atoms with E-state index in [1.54, 1.807) is 24.7 Å². The van der Waals surface area contributed by atoms with E-state index >= 15 is 0 Å². The van der Waals surface area contributed by atoms with Gasteiger partial charge in [-0.25, -0.2) is 4.79 Å². The van der Waals surface area contributed by atoms with Crippen LogP contribution in [0.4, 0.5) is 0 Å². The molecule has 102 valence electrons. The van der Waals surface area contributed by atoms with Crippen LogP contribution in [0.2, 0.25) is 0 Å². The minimum Gasteiger partial charge on any atom is -0.497 e. The number of aromatic nitrogens is 1. The SMILES string of the molecule is COc1cccc(OCCn2c(C)c(C)oc2=O)c1. The fraction of sp³-hybridized carbons (Fsp3) is 0.357. The first kappa shape index (κ1) is 13.3. The van der Waals surface area contributed by atoms with E-state index in [1.165, 1.54) is 0 Å². The Bertz CT molecular complexity index is 612. The van der Waals surface area contributed by atoms with Gasteiger partial charge in [0.2, 0.25) is 0 Å². The zero-order valence-electron chi connectivity index (χ0n) is 11.3. The van der Waals surface area contributed by atoms with Gasteiger partial charge in [0.15, 0.2) is 0 Å². The average molecular weight is 263 g/mol. The predicted octanol–water partition coefficient (Wildman–Crippen LogP) is 2.15. The van der Waals surface area contributed by atoms with Crippen LogP contribution in [0.1, 0.15) is 11.5 Å². The minimum atomic E-state index is -0.343. The summed E-state index contributed by atoms with van der Waals surface area (Å²) in [6.07, 6.45) is 0. The highest BCUT2D eigenvalue weighted by Crippen LogP contribution is 2.18. The third-order valence-corrected chi connectivity index (χ3v) is 3.00. The molecule has 2 rings (SSSR count). The van der Waals surface area contributed by atoms with E-state index in [-0.39, 0.29) is 5.76 Å². The summed E-state index contributed by atoms with van der Waals surface area (Å²) in [6.45, 7) is 4.48. The monoisotopic (exact) mass is 263 g/mol. The molecule has 5 nitrogen and oxygen atoms in total. The zero-order chi connectivity index (χ0) is 13.8. The van der Waals surface area contributed by atoms with E-state index in [9.17, 15) is 4.79 Å². The van der Waals surface area contributed by atoms with Gasteiger partial charge in [-0.1, -0.05) is 6.07 Å². The summed E-state index contributed by atoms with van der Waals surface area (Å²) in [7, 11) is 1.61. The topological polar surface area (TPSA) is 53.6 Å². The van der Waals surface area contributed by atoms with Crippen molar-refractivity contribution in [2.24, 2.45) is 0 Å². The van der Waals surface area contributed by atoms with E-state index in [2.05, 4.69) is 0 Å². The standard InChI is InChI=1S/C14H17NO4/c1-10-11(2)19-14(16)15(10)7-8-18-13-6-4-5-12(9-13)17-3/h4-6,9H,7-8H2,1-3H3. The summed E-state index contributed by atoms with van der Waals surface area (Å²) < 4.78 is 17.3. The lowest BCUT2D eigenvalue weighted by Crippen LogP contribution is -2.19. The molecule has 0 spiro atoms. The van der Waals surface area contributed by atoms with Crippen LogP contribution in [0.3, 0.4) is 0 Å². The van der Waals surface area contributed by atoms with Gasteiger partial charge in [-0.15, -0.1) is 0 Å². The molecule has 1 heterocycles. The summed E-state index contributed by atoms with van der Waals surface area (Å²) in [5.41, 5.74) is 0.833. The maximum Gasteiger partial charge on any atom is 0.419 e. The summed E-state index contributed by atoms with van der Waals surface area (Å²) in [6, 6.07) is 7.35. The Kier molecular flexibility index (Phi) is 3.94. The van der Waals surface area contributed by atoms with Crippen LogP contribution in [0.15, 0.2) is 33.5 Å². The molecule has 0 bridgehead atoms. The number of hydrogen-bond acceptors (Lipinski definition) is 4. The highest BCUT2D eigenvalue weighted by atomic mass is 16.5. The van der Waals surface area contributed by atoms with E-state index in [4.69, 9.17) is 13.9 Å². The molecule has 1 aromatic carbocycles. The fourth-order valence-electron chi connectivity index (χ4n) is 1.79. The molecule has 0 fully saturated rings. The second kappa shape index (κ2) is 5.65. The van der Waals surface area contributed by atoms with Gasteiger partial charge in [-0.2, -0.15) is 0 Å². The van der Waals surface area contributed by atoms with Crippen molar-refractivity contribution in [3.8, 4) is 11.5 Å². The summed E-state index contributed by atoms with van der Waals surface area (Å²) in [4.78, 5) is 11.5. The van der Waals surface area contributed by atoms with Crippen LogP contribution in [0.5, 0.6) is 11.5 Å². The highest BCUT2D eigenvalue weighted by Gasteiger charge is 2.08. The highest BCUT2D eigenvalue weighted by molar-refractivity contribution is 5.32. The van der Waals surface area contributed by atoms with E-state index in [0.29, 0.717) is 24.7 Å². The number of oxazole rings is 1. The molecule has 0 saturated heterocycles. The molecule has 5 heteroatoms. The van der Waals surface area contributed by atoms with Gasteiger partial charge in [0.05, 0.1) is 19.3 Å². The molecule has 1 aromatic heterocycles. The third-order valence-electron chi connectivity index (χ3n) is 3.00. The summed E-state index contributed by atoms with van der Waals surface area (Å²) >= 11 is 0. The van der Waals surface area contributed by atoms with Gasteiger partial charge in [0, 0.05) is 6.07 Å². The Morgan fingerprint density at radius 3 is 2.63 bits per heavy atom. The average Bonchev–Trinajstić information content (AvgIpc) is 2.65. The lowest BCUT2D eigenvalue weighted by Gasteiger charge is -2.08. The fourth-order valence-corrected chi connectivity index (χ4v) is 1.79. The first-order valence-electron chi connectivity index (χ1n) is 6.05. The van der Waals surface area contributed by atoms with Crippen molar-refractivity contribution in [2.75, 3.05) is 13.7 Å². The smallest absolute Gasteiger partial charge is 0.419 e. The molecule has 19 heavy (non-hydrogen) atoms. The molecule has 0 unspecified atom stereocenters. The molecular weight excluding hydrogens is 246 g/mol. The third kappa shape index (κ3) is 2.99. The Labute approximate surface area is 111 Å². The molecular formula is C14H17NO4. The molecule has 0 N–H and O–H groups in total. The predicted molar refractivity (Wildman–Crippen MR) is 70.9 cm³/mol. The molecule has 0 aliphatic heterocycles. The molecule has 0 aliphatic rings. The summed E-state index contributed by atoms with van der Waals surface area (Å²) in [5, 5.41) is 0. The normalized spacial score (nSPS) is 10.5. The number of benzene rings is 1. The van der Waals surface area contributed by atoms with Crippen LogP contribution in [-0.2, 0) is 6.54 Å². The van der Waals surface area contributed by atoms with E-state index in [1.807, 2.05) is 25.1 Å². The lowest BCUT2D eigenvalue weighted by molar-refractivity contribution is 0.289. The molecule has 0 radical (unpaired) electrons. The molecule has 2 aromatic rings. The van der Waals surface area contributed by atoms with Crippen LogP contribution in [0, 0.1) is 13.8 Å². The number of nitrogens with zero attached hydrogens (tertiary/aromatic N) is 1. The van der Waals surface area contributed by atoms with Crippen molar-refractivity contribution in [3.63, 3.8) is 0 Å². The second-order valence-electron chi connectivity index (χ2n) is 4.19. The molecule has 0 aliphatic carbocycles. The van der Waals surface area contributed by atoms with Gasteiger partial charge < -0.3 is 13.9 Å². The largest absolute Gasteiger partial charge is 0.497 e. The Hall–Kier alpha value is -2.17. The molecule has 0 saturated carbocycles. The van der Waals surface area contributed by atoms with Crippen LogP contribution >= 0.6 is 0 Å².